The van der Waals surface area contributed by atoms with E-state index in [1.807, 2.05) is 27.7 Å². The van der Waals surface area contributed by atoms with E-state index in [0.29, 0.717) is 5.56 Å². The van der Waals surface area contributed by atoms with E-state index in [9.17, 15) is 24.3 Å². The van der Waals surface area contributed by atoms with Crippen LogP contribution >= 0.6 is 0 Å². The lowest BCUT2D eigenvalue weighted by atomic mass is 9.86. The van der Waals surface area contributed by atoms with Gasteiger partial charge < -0.3 is 29.8 Å². The van der Waals surface area contributed by atoms with Gasteiger partial charge in [-0.05, 0) is 48.6 Å². The average molecular weight is 544 g/mol. The van der Waals surface area contributed by atoms with Crippen molar-refractivity contribution in [2.45, 2.75) is 71.9 Å². The number of carboxylic acids is 1. The van der Waals surface area contributed by atoms with Gasteiger partial charge in [0, 0.05) is 25.7 Å². The van der Waals surface area contributed by atoms with Crippen LogP contribution in [0.1, 0.15) is 59.4 Å². The van der Waals surface area contributed by atoms with Gasteiger partial charge in [-0.15, -0.1) is 0 Å². The molecule has 2 aromatic rings. The molecule has 0 aliphatic rings. The highest BCUT2D eigenvalue weighted by Crippen LogP contribution is 2.32. The van der Waals surface area contributed by atoms with Gasteiger partial charge in [0.05, 0.1) is 0 Å². The van der Waals surface area contributed by atoms with Crippen LogP contribution in [0, 0.1) is 11.8 Å². The quantitative estimate of drug-likeness (QED) is 0.202. The smallest absolute Gasteiger partial charge is 0.480 e. The summed E-state index contributed by atoms with van der Waals surface area (Å²) in [6.45, 7) is 8.96. The molecule has 10 nitrogen and oxygen atoms in total. The maximum Gasteiger partial charge on any atom is 0.514 e. The minimum absolute atomic E-state index is 0.0151. The SMILES string of the molecule is CC(C)CC(=O)Oc1ccc(CC(N)(C[C@H](C)OC(=O)Oc2ccccc2)C(=O)O)cc1OC(=O)CC(C)C. The molecule has 0 saturated heterocycles. The predicted octanol–water partition coefficient (Wildman–Crippen LogP) is 4.91. The molecule has 0 radical (unpaired) electrons. The summed E-state index contributed by atoms with van der Waals surface area (Å²) in [5.74, 6) is -1.94. The van der Waals surface area contributed by atoms with Crippen LogP contribution in [0.3, 0.4) is 0 Å². The van der Waals surface area contributed by atoms with Crippen molar-refractivity contribution >= 4 is 24.1 Å². The summed E-state index contributed by atoms with van der Waals surface area (Å²) < 4.78 is 21.2. The van der Waals surface area contributed by atoms with Crippen molar-refractivity contribution in [1.82, 2.24) is 0 Å². The van der Waals surface area contributed by atoms with Crippen molar-refractivity contribution in [1.29, 1.82) is 0 Å². The summed E-state index contributed by atoms with van der Waals surface area (Å²) >= 11 is 0. The van der Waals surface area contributed by atoms with Crippen LogP contribution in [-0.4, -0.2) is 40.8 Å². The van der Waals surface area contributed by atoms with Crippen LogP contribution in [0.4, 0.5) is 4.79 Å². The molecule has 0 aliphatic heterocycles. The number of carboxylic acid groups (broad SMARTS) is 1. The third-order valence-corrected chi connectivity index (χ3v) is 5.44. The van der Waals surface area contributed by atoms with E-state index in [2.05, 4.69) is 0 Å². The summed E-state index contributed by atoms with van der Waals surface area (Å²) in [7, 11) is 0. The Hall–Kier alpha value is -3.92. The standard InChI is InChI=1S/C29H37NO9/c1-18(2)13-25(31)38-23-12-11-21(15-24(23)39-26(32)14-19(3)4)17-29(30,27(33)34)16-20(5)36-28(35)37-22-9-7-6-8-10-22/h6-12,15,18-20H,13-14,16-17,30H2,1-5H3,(H,33,34)/t20-,29?/m0/s1. The Morgan fingerprint density at radius 2 is 1.38 bits per heavy atom. The van der Waals surface area contributed by atoms with Gasteiger partial charge in [-0.1, -0.05) is 52.0 Å². The second-order valence-electron chi connectivity index (χ2n) is 10.4. The zero-order valence-electron chi connectivity index (χ0n) is 23.0. The highest BCUT2D eigenvalue weighted by Gasteiger charge is 2.37. The molecule has 39 heavy (non-hydrogen) atoms. The fourth-order valence-electron chi connectivity index (χ4n) is 3.75. The largest absolute Gasteiger partial charge is 0.514 e. The molecule has 1 unspecified atom stereocenters. The molecule has 2 atom stereocenters. The molecule has 0 bridgehead atoms. The number of ether oxygens (including phenoxy) is 4. The van der Waals surface area contributed by atoms with Crippen molar-refractivity contribution in [2.75, 3.05) is 0 Å². The predicted molar refractivity (Wildman–Crippen MR) is 143 cm³/mol. The molecule has 0 amide bonds. The molecular formula is C29H37NO9. The summed E-state index contributed by atoms with van der Waals surface area (Å²) in [5, 5.41) is 9.93. The monoisotopic (exact) mass is 543 g/mol. The molecule has 0 aliphatic carbocycles. The molecule has 2 rings (SSSR count). The average Bonchev–Trinajstić information content (AvgIpc) is 2.80. The lowest BCUT2D eigenvalue weighted by Crippen LogP contribution is -2.52. The first-order valence-electron chi connectivity index (χ1n) is 12.8. The molecule has 3 N–H and O–H groups in total. The molecule has 2 aromatic carbocycles. The second-order valence-corrected chi connectivity index (χ2v) is 10.4. The van der Waals surface area contributed by atoms with Gasteiger partial charge in [0.15, 0.2) is 11.5 Å². The third kappa shape index (κ3) is 10.8. The Morgan fingerprint density at radius 3 is 1.92 bits per heavy atom. The first-order chi connectivity index (χ1) is 18.3. The van der Waals surface area contributed by atoms with E-state index in [-0.39, 0.29) is 54.8 Å². The first kappa shape index (κ1) is 31.3. The number of rotatable bonds is 13. The van der Waals surface area contributed by atoms with E-state index >= 15 is 0 Å². The van der Waals surface area contributed by atoms with E-state index in [4.69, 9.17) is 24.7 Å². The number of para-hydroxylation sites is 1. The van der Waals surface area contributed by atoms with Gasteiger partial charge in [0.25, 0.3) is 0 Å². The maximum absolute atomic E-state index is 12.4. The highest BCUT2D eigenvalue weighted by molar-refractivity contribution is 5.79. The van der Waals surface area contributed by atoms with Crippen molar-refractivity contribution < 1.29 is 43.2 Å². The topological polar surface area (TPSA) is 151 Å². The Labute approximate surface area is 228 Å². The van der Waals surface area contributed by atoms with Crippen LogP contribution in [-0.2, 0) is 25.5 Å². The minimum Gasteiger partial charge on any atom is -0.480 e. The lowest BCUT2D eigenvalue weighted by Gasteiger charge is -2.28. The number of esters is 2. The number of aliphatic carboxylic acids is 1. The van der Waals surface area contributed by atoms with Crippen molar-refractivity contribution in [3.63, 3.8) is 0 Å². The van der Waals surface area contributed by atoms with E-state index in [1.165, 1.54) is 25.1 Å². The Balaban J connectivity index is 2.21. The van der Waals surface area contributed by atoms with Crippen LogP contribution < -0.4 is 19.9 Å². The van der Waals surface area contributed by atoms with Crippen LogP contribution in [0.15, 0.2) is 48.5 Å². The summed E-state index contributed by atoms with van der Waals surface area (Å²) in [6, 6.07) is 12.7. The summed E-state index contributed by atoms with van der Waals surface area (Å²) in [6.07, 6.45) is -2.03. The van der Waals surface area contributed by atoms with E-state index in [1.54, 1.807) is 30.3 Å². The lowest BCUT2D eigenvalue weighted by molar-refractivity contribution is -0.144. The van der Waals surface area contributed by atoms with Crippen molar-refractivity contribution in [3.8, 4) is 17.2 Å². The second kappa shape index (κ2) is 14.3. The fraction of sp³-hybridized carbons (Fsp3) is 0.448. The number of carbonyl (C=O) groups is 4. The molecule has 0 spiro atoms. The number of nitrogens with two attached hydrogens (primary N) is 1. The number of hydrogen-bond acceptors (Lipinski definition) is 9. The van der Waals surface area contributed by atoms with Gasteiger partial charge in [-0.3, -0.25) is 14.4 Å². The molecule has 0 fully saturated rings. The normalized spacial score (nSPS) is 13.3. The Bertz CT molecular complexity index is 1150. The zero-order valence-corrected chi connectivity index (χ0v) is 23.0. The molecule has 0 heterocycles. The Morgan fingerprint density at radius 1 is 0.821 bits per heavy atom. The van der Waals surface area contributed by atoms with E-state index in [0.717, 1.165) is 0 Å². The Kier molecular flexibility index (Phi) is 11.5. The number of hydrogen-bond donors (Lipinski definition) is 2. The van der Waals surface area contributed by atoms with Gasteiger partial charge in [-0.2, -0.15) is 0 Å². The maximum atomic E-state index is 12.4. The highest BCUT2D eigenvalue weighted by atomic mass is 16.7. The number of benzene rings is 2. The van der Waals surface area contributed by atoms with Crippen molar-refractivity contribution in [3.05, 3.63) is 54.1 Å². The first-order valence-corrected chi connectivity index (χ1v) is 12.8. The van der Waals surface area contributed by atoms with Gasteiger partial charge in [-0.25, -0.2) is 4.79 Å². The van der Waals surface area contributed by atoms with Gasteiger partial charge in [0.1, 0.15) is 17.4 Å². The summed E-state index contributed by atoms with van der Waals surface area (Å²) in [5.41, 5.74) is 4.83. The third-order valence-electron chi connectivity index (χ3n) is 5.44. The van der Waals surface area contributed by atoms with Crippen LogP contribution in [0.2, 0.25) is 0 Å². The van der Waals surface area contributed by atoms with Crippen LogP contribution in [0.25, 0.3) is 0 Å². The van der Waals surface area contributed by atoms with E-state index < -0.39 is 35.7 Å². The number of carbonyl (C=O) groups excluding carboxylic acids is 3. The fourth-order valence-corrected chi connectivity index (χ4v) is 3.75. The minimum atomic E-state index is -1.85. The van der Waals surface area contributed by atoms with Gasteiger partial charge in [0.2, 0.25) is 0 Å². The summed E-state index contributed by atoms with van der Waals surface area (Å²) in [4.78, 5) is 49.0. The zero-order chi connectivity index (χ0) is 29.2. The van der Waals surface area contributed by atoms with Crippen LogP contribution in [0.5, 0.6) is 17.2 Å². The molecular weight excluding hydrogens is 506 g/mol. The molecule has 0 aromatic heterocycles. The van der Waals surface area contributed by atoms with Crippen molar-refractivity contribution in [2.24, 2.45) is 17.6 Å². The molecule has 0 saturated carbocycles. The molecule has 212 valence electrons. The van der Waals surface area contributed by atoms with Gasteiger partial charge >= 0.3 is 24.1 Å². The molecule has 10 heteroatoms.